The largest absolute Gasteiger partial charge is 0.486 e. The Balaban J connectivity index is 1.52. The monoisotopic (exact) mass is 283 g/mol. The molecule has 3 nitrogen and oxygen atoms in total. The fourth-order valence-electron chi connectivity index (χ4n) is 2.58. The van der Waals surface area contributed by atoms with Crippen LogP contribution in [-0.4, -0.2) is 19.3 Å². The molecule has 21 heavy (non-hydrogen) atoms. The number of fused-ring (bicyclic) bond motifs is 1. The van der Waals surface area contributed by atoms with Gasteiger partial charge in [0.25, 0.3) is 0 Å². The molecule has 0 radical (unpaired) electrons. The summed E-state index contributed by atoms with van der Waals surface area (Å²) in [6.45, 7) is 6.50. The van der Waals surface area contributed by atoms with E-state index in [0.29, 0.717) is 6.61 Å². The number of hydrogen-bond donors (Lipinski definition) is 1. The number of aryl methyl sites for hydroxylation is 2. The molecule has 1 aliphatic rings. The summed E-state index contributed by atoms with van der Waals surface area (Å²) < 4.78 is 11.6. The van der Waals surface area contributed by atoms with Crippen LogP contribution in [0.15, 0.2) is 42.5 Å². The van der Waals surface area contributed by atoms with Crippen molar-refractivity contribution in [2.24, 2.45) is 0 Å². The summed E-state index contributed by atoms with van der Waals surface area (Å²) in [5.74, 6) is 1.67. The number of benzene rings is 2. The third-order valence-corrected chi connectivity index (χ3v) is 3.75. The molecule has 0 aromatic heterocycles. The Kier molecular flexibility index (Phi) is 4.11. The highest BCUT2D eigenvalue weighted by atomic mass is 16.6. The van der Waals surface area contributed by atoms with Crippen LogP contribution in [0, 0.1) is 13.8 Å². The van der Waals surface area contributed by atoms with Gasteiger partial charge in [-0.3, -0.25) is 0 Å². The highest BCUT2D eigenvalue weighted by molar-refractivity contribution is 5.40. The lowest BCUT2D eigenvalue weighted by atomic mass is 10.1. The number of ether oxygens (including phenoxy) is 2. The molecule has 3 rings (SSSR count). The van der Waals surface area contributed by atoms with E-state index in [0.717, 1.165) is 24.6 Å². The first kappa shape index (κ1) is 14.0. The second-order valence-corrected chi connectivity index (χ2v) is 5.56. The molecule has 1 N–H and O–H groups in total. The Morgan fingerprint density at radius 1 is 1.10 bits per heavy atom. The predicted molar refractivity (Wildman–Crippen MR) is 84.0 cm³/mol. The maximum atomic E-state index is 5.93. The van der Waals surface area contributed by atoms with Crippen LogP contribution in [0.25, 0.3) is 0 Å². The van der Waals surface area contributed by atoms with Gasteiger partial charge in [0, 0.05) is 13.1 Å². The second-order valence-electron chi connectivity index (χ2n) is 5.56. The molecule has 2 aromatic rings. The average molecular weight is 283 g/mol. The van der Waals surface area contributed by atoms with Crippen LogP contribution in [0.3, 0.4) is 0 Å². The van der Waals surface area contributed by atoms with Crippen LogP contribution in [0.4, 0.5) is 0 Å². The van der Waals surface area contributed by atoms with Gasteiger partial charge in [0.2, 0.25) is 0 Å². The Morgan fingerprint density at radius 3 is 2.71 bits per heavy atom. The van der Waals surface area contributed by atoms with Crippen molar-refractivity contribution in [3.05, 3.63) is 59.2 Å². The van der Waals surface area contributed by atoms with Gasteiger partial charge in [-0.05, 0) is 37.1 Å². The molecule has 1 atom stereocenters. The van der Waals surface area contributed by atoms with E-state index in [2.05, 4.69) is 37.4 Å². The topological polar surface area (TPSA) is 30.5 Å². The van der Waals surface area contributed by atoms with E-state index in [1.807, 2.05) is 24.3 Å². The summed E-state index contributed by atoms with van der Waals surface area (Å²) in [7, 11) is 0. The van der Waals surface area contributed by atoms with E-state index in [1.165, 1.54) is 16.7 Å². The zero-order valence-electron chi connectivity index (χ0n) is 12.6. The molecule has 0 saturated carbocycles. The normalized spacial score (nSPS) is 16.8. The standard InChI is InChI=1S/C18H21NO2/c1-13-7-8-15(14(2)9-13)10-19-11-16-12-20-17-5-3-4-6-18(17)21-16/h3-9,16,19H,10-12H2,1-2H3. The first-order chi connectivity index (χ1) is 10.2. The lowest BCUT2D eigenvalue weighted by Crippen LogP contribution is -2.38. The number of rotatable bonds is 4. The van der Waals surface area contributed by atoms with E-state index in [9.17, 15) is 0 Å². The zero-order chi connectivity index (χ0) is 14.7. The summed E-state index contributed by atoms with van der Waals surface area (Å²) in [5.41, 5.74) is 3.96. The molecular formula is C18H21NO2. The number of nitrogens with one attached hydrogen (secondary N) is 1. The lowest BCUT2D eigenvalue weighted by Gasteiger charge is -2.26. The summed E-state index contributed by atoms with van der Waals surface area (Å²) >= 11 is 0. The molecule has 110 valence electrons. The van der Waals surface area contributed by atoms with E-state index < -0.39 is 0 Å². The summed E-state index contributed by atoms with van der Waals surface area (Å²) in [4.78, 5) is 0. The van der Waals surface area contributed by atoms with Gasteiger partial charge in [0.15, 0.2) is 11.5 Å². The third kappa shape index (κ3) is 3.37. The summed E-state index contributed by atoms with van der Waals surface area (Å²) in [5, 5.41) is 3.46. The SMILES string of the molecule is Cc1ccc(CNCC2COc3ccccc3O2)c(C)c1. The highest BCUT2D eigenvalue weighted by Crippen LogP contribution is 2.30. The molecular weight excluding hydrogens is 262 g/mol. The van der Waals surface area contributed by atoms with Gasteiger partial charge in [0.05, 0.1) is 0 Å². The van der Waals surface area contributed by atoms with Gasteiger partial charge >= 0.3 is 0 Å². The first-order valence-electron chi connectivity index (χ1n) is 7.38. The van der Waals surface area contributed by atoms with Crippen LogP contribution < -0.4 is 14.8 Å². The minimum absolute atomic E-state index is 0.0608. The number of para-hydroxylation sites is 2. The molecule has 0 fully saturated rings. The molecule has 0 amide bonds. The van der Waals surface area contributed by atoms with Gasteiger partial charge in [-0.15, -0.1) is 0 Å². The average Bonchev–Trinajstić information content (AvgIpc) is 2.49. The van der Waals surface area contributed by atoms with Crippen LogP contribution in [-0.2, 0) is 6.54 Å². The van der Waals surface area contributed by atoms with E-state index in [1.54, 1.807) is 0 Å². The maximum Gasteiger partial charge on any atom is 0.161 e. The van der Waals surface area contributed by atoms with Crippen molar-refractivity contribution in [1.29, 1.82) is 0 Å². The van der Waals surface area contributed by atoms with Gasteiger partial charge in [-0.1, -0.05) is 35.9 Å². The molecule has 1 heterocycles. The van der Waals surface area contributed by atoms with Gasteiger partial charge in [-0.25, -0.2) is 0 Å². The highest BCUT2D eigenvalue weighted by Gasteiger charge is 2.19. The quantitative estimate of drug-likeness (QED) is 0.934. The van der Waals surface area contributed by atoms with Gasteiger partial charge < -0.3 is 14.8 Å². The van der Waals surface area contributed by atoms with E-state index >= 15 is 0 Å². The molecule has 3 heteroatoms. The minimum Gasteiger partial charge on any atom is -0.486 e. The lowest BCUT2D eigenvalue weighted by molar-refractivity contribution is 0.0902. The van der Waals surface area contributed by atoms with Gasteiger partial charge in [-0.2, -0.15) is 0 Å². The van der Waals surface area contributed by atoms with Crippen molar-refractivity contribution in [2.45, 2.75) is 26.5 Å². The number of hydrogen-bond acceptors (Lipinski definition) is 3. The second kappa shape index (κ2) is 6.19. The van der Waals surface area contributed by atoms with Crippen molar-refractivity contribution >= 4 is 0 Å². The van der Waals surface area contributed by atoms with E-state index in [-0.39, 0.29) is 6.10 Å². The van der Waals surface area contributed by atoms with Crippen molar-refractivity contribution in [3.8, 4) is 11.5 Å². The fraction of sp³-hybridized carbons (Fsp3) is 0.333. The molecule has 0 spiro atoms. The van der Waals surface area contributed by atoms with E-state index in [4.69, 9.17) is 9.47 Å². The van der Waals surface area contributed by atoms with Crippen molar-refractivity contribution in [2.75, 3.05) is 13.2 Å². The third-order valence-electron chi connectivity index (χ3n) is 3.75. The molecule has 1 unspecified atom stereocenters. The zero-order valence-corrected chi connectivity index (χ0v) is 12.6. The molecule has 1 aliphatic heterocycles. The summed E-state index contributed by atoms with van der Waals surface area (Å²) in [6.07, 6.45) is 0.0608. The van der Waals surface area contributed by atoms with Crippen LogP contribution in [0.5, 0.6) is 11.5 Å². The molecule has 2 aromatic carbocycles. The fourth-order valence-corrected chi connectivity index (χ4v) is 2.58. The summed E-state index contributed by atoms with van der Waals surface area (Å²) in [6, 6.07) is 14.4. The minimum atomic E-state index is 0.0608. The molecule has 0 aliphatic carbocycles. The smallest absolute Gasteiger partial charge is 0.161 e. The Morgan fingerprint density at radius 2 is 1.90 bits per heavy atom. The molecule has 0 saturated heterocycles. The predicted octanol–water partition coefficient (Wildman–Crippen LogP) is 3.23. The van der Waals surface area contributed by atoms with Crippen LogP contribution in [0.2, 0.25) is 0 Å². The van der Waals surface area contributed by atoms with Gasteiger partial charge in [0.1, 0.15) is 12.7 Å². The van der Waals surface area contributed by atoms with Crippen molar-refractivity contribution in [1.82, 2.24) is 5.32 Å². The Bertz CT molecular complexity index is 624. The Labute approximate surface area is 125 Å². The Hall–Kier alpha value is -2.00. The van der Waals surface area contributed by atoms with Crippen LogP contribution in [0.1, 0.15) is 16.7 Å². The van der Waals surface area contributed by atoms with Crippen molar-refractivity contribution < 1.29 is 9.47 Å². The first-order valence-corrected chi connectivity index (χ1v) is 7.38. The molecule has 0 bridgehead atoms. The maximum absolute atomic E-state index is 5.93. The van der Waals surface area contributed by atoms with Crippen LogP contribution >= 0.6 is 0 Å². The van der Waals surface area contributed by atoms with Crippen molar-refractivity contribution in [3.63, 3.8) is 0 Å².